The van der Waals surface area contributed by atoms with Gasteiger partial charge in [0, 0.05) is 18.4 Å². The molecule has 1 aromatic heterocycles. The minimum absolute atomic E-state index is 0.237. The number of hydrogen-bond acceptors (Lipinski definition) is 5. The van der Waals surface area contributed by atoms with Crippen LogP contribution in [0.3, 0.4) is 0 Å². The minimum Gasteiger partial charge on any atom is -0.370 e. The number of urea groups is 1. The predicted molar refractivity (Wildman–Crippen MR) is 88.6 cm³/mol. The van der Waals surface area contributed by atoms with E-state index in [0.29, 0.717) is 19.7 Å². The zero-order chi connectivity index (χ0) is 18.2. The molecule has 2 saturated heterocycles. The summed E-state index contributed by atoms with van der Waals surface area (Å²) in [5.74, 6) is -0.652. The summed E-state index contributed by atoms with van der Waals surface area (Å²) < 4.78 is 5.76. The third-order valence-corrected chi connectivity index (χ3v) is 4.45. The predicted octanol–water partition coefficient (Wildman–Crippen LogP) is 0.620. The molecule has 0 aromatic carbocycles. The molecule has 2 aliphatic rings. The lowest BCUT2D eigenvalue weighted by Crippen LogP contribution is -2.48. The smallest absolute Gasteiger partial charge is 0.325 e. The van der Waals surface area contributed by atoms with Crippen molar-refractivity contribution in [2.75, 3.05) is 26.2 Å². The number of morpholine rings is 1. The van der Waals surface area contributed by atoms with E-state index >= 15 is 0 Å². The fraction of sp³-hybridized carbons (Fsp3) is 0.529. The molecule has 4 amide bonds. The maximum atomic E-state index is 12.6. The van der Waals surface area contributed by atoms with Gasteiger partial charge >= 0.3 is 6.03 Å². The van der Waals surface area contributed by atoms with Gasteiger partial charge in [0.2, 0.25) is 5.91 Å². The van der Waals surface area contributed by atoms with Gasteiger partial charge < -0.3 is 15.0 Å². The fourth-order valence-electron chi connectivity index (χ4n) is 3.04. The van der Waals surface area contributed by atoms with Crippen molar-refractivity contribution < 1.29 is 19.1 Å². The van der Waals surface area contributed by atoms with Crippen molar-refractivity contribution in [1.82, 2.24) is 20.1 Å². The molecule has 8 nitrogen and oxygen atoms in total. The summed E-state index contributed by atoms with van der Waals surface area (Å²) in [4.78, 5) is 43.5. The highest BCUT2D eigenvalue weighted by atomic mass is 16.5. The maximum absolute atomic E-state index is 12.6. The van der Waals surface area contributed by atoms with Crippen LogP contribution in [-0.4, -0.2) is 64.4 Å². The Bertz CT molecular complexity index is 718. The van der Waals surface area contributed by atoms with Gasteiger partial charge in [-0.2, -0.15) is 0 Å². The Balaban J connectivity index is 1.66. The third kappa shape index (κ3) is 3.48. The average molecular weight is 346 g/mol. The fourth-order valence-corrected chi connectivity index (χ4v) is 3.04. The van der Waals surface area contributed by atoms with E-state index in [2.05, 4.69) is 10.3 Å². The molecule has 1 N–H and O–H groups in total. The normalized spacial score (nSPS) is 22.9. The quantitative estimate of drug-likeness (QED) is 0.810. The number of amides is 4. The Hall–Kier alpha value is -2.48. The van der Waals surface area contributed by atoms with Gasteiger partial charge in [-0.25, -0.2) is 4.79 Å². The Morgan fingerprint density at radius 3 is 2.84 bits per heavy atom. The van der Waals surface area contributed by atoms with Crippen molar-refractivity contribution in [2.45, 2.75) is 32.4 Å². The summed E-state index contributed by atoms with van der Waals surface area (Å²) in [5.41, 5.74) is 0.867. The van der Waals surface area contributed by atoms with Crippen LogP contribution in [0.15, 0.2) is 18.3 Å². The van der Waals surface area contributed by atoms with E-state index < -0.39 is 11.6 Å². The van der Waals surface area contributed by atoms with Crippen LogP contribution < -0.4 is 5.32 Å². The maximum Gasteiger partial charge on any atom is 0.325 e. The highest BCUT2D eigenvalue weighted by molar-refractivity contribution is 6.08. The third-order valence-electron chi connectivity index (χ3n) is 4.45. The van der Waals surface area contributed by atoms with E-state index in [9.17, 15) is 14.4 Å². The molecule has 0 aliphatic carbocycles. The molecular formula is C17H22N4O4. The largest absolute Gasteiger partial charge is 0.370 e. The number of aromatic nitrogens is 1. The zero-order valence-electron chi connectivity index (χ0n) is 14.6. The highest BCUT2D eigenvalue weighted by Crippen LogP contribution is 2.23. The second kappa shape index (κ2) is 6.44. The van der Waals surface area contributed by atoms with Crippen molar-refractivity contribution in [3.63, 3.8) is 0 Å². The Morgan fingerprint density at radius 1 is 1.44 bits per heavy atom. The second-order valence-corrected chi connectivity index (χ2v) is 6.88. The molecule has 2 fully saturated rings. The van der Waals surface area contributed by atoms with Crippen LogP contribution >= 0.6 is 0 Å². The first-order chi connectivity index (χ1) is 11.8. The van der Waals surface area contributed by atoms with Gasteiger partial charge in [0.05, 0.1) is 13.2 Å². The van der Waals surface area contributed by atoms with Gasteiger partial charge in [-0.15, -0.1) is 0 Å². The summed E-state index contributed by atoms with van der Waals surface area (Å²) in [6, 6.07) is 3.27. The van der Waals surface area contributed by atoms with Crippen molar-refractivity contribution in [3.8, 4) is 0 Å². The molecule has 0 unspecified atom stereocenters. The molecule has 0 saturated carbocycles. The number of rotatable bonds is 3. The number of imide groups is 1. The van der Waals surface area contributed by atoms with Crippen LogP contribution in [0.4, 0.5) is 4.79 Å². The summed E-state index contributed by atoms with van der Waals surface area (Å²) >= 11 is 0. The van der Waals surface area contributed by atoms with E-state index in [1.54, 1.807) is 24.9 Å². The Labute approximate surface area is 146 Å². The molecule has 1 aromatic rings. The number of hydrogen-bond donors (Lipinski definition) is 1. The van der Waals surface area contributed by atoms with Gasteiger partial charge in [0.1, 0.15) is 18.2 Å². The van der Waals surface area contributed by atoms with Crippen LogP contribution in [-0.2, 0) is 14.3 Å². The van der Waals surface area contributed by atoms with Crippen molar-refractivity contribution in [1.29, 1.82) is 0 Å². The molecule has 1 atom stereocenters. The van der Waals surface area contributed by atoms with Crippen molar-refractivity contribution in [2.24, 2.45) is 0 Å². The molecule has 0 bridgehead atoms. The summed E-state index contributed by atoms with van der Waals surface area (Å²) in [5, 5.41) is 2.58. The molecular weight excluding hydrogens is 324 g/mol. The van der Waals surface area contributed by atoms with Gasteiger partial charge in [-0.3, -0.25) is 19.5 Å². The van der Waals surface area contributed by atoms with Crippen LogP contribution in [0.2, 0.25) is 0 Å². The SMILES string of the molecule is Cc1cc([C@H]2CN(C(=O)CN3C(=O)NC(C)(C)C3=O)CCO2)ccn1. The molecule has 0 spiro atoms. The van der Waals surface area contributed by atoms with E-state index in [0.717, 1.165) is 16.2 Å². The van der Waals surface area contributed by atoms with Gasteiger partial charge in [-0.05, 0) is 38.5 Å². The number of nitrogens with zero attached hydrogens (tertiary/aromatic N) is 3. The first-order valence-corrected chi connectivity index (χ1v) is 8.24. The van der Waals surface area contributed by atoms with Crippen LogP contribution in [0.1, 0.15) is 31.2 Å². The average Bonchev–Trinajstić information content (AvgIpc) is 2.76. The molecule has 2 aliphatic heterocycles. The number of carbonyl (C=O) groups is 3. The number of ether oxygens (including phenoxy) is 1. The van der Waals surface area contributed by atoms with Crippen molar-refractivity contribution >= 4 is 17.8 Å². The zero-order valence-corrected chi connectivity index (χ0v) is 14.6. The van der Waals surface area contributed by atoms with Gasteiger partial charge in [0.15, 0.2) is 0 Å². The Morgan fingerprint density at radius 2 is 2.20 bits per heavy atom. The van der Waals surface area contributed by atoms with Gasteiger partial charge in [0.25, 0.3) is 5.91 Å². The summed E-state index contributed by atoms with van der Waals surface area (Å²) in [7, 11) is 0. The number of nitrogens with one attached hydrogen (secondary N) is 1. The lowest BCUT2D eigenvalue weighted by atomic mass is 10.1. The number of aryl methyl sites for hydroxylation is 1. The molecule has 3 rings (SSSR count). The molecule has 25 heavy (non-hydrogen) atoms. The highest BCUT2D eigenvalue weighted by Gasteiger charge is 2.45. The molecule has 3 heterocycles. The van der Waals surface area contributed by atoms with Crippen molar-refractivity contribution in [3.05, 3.63) is 29.6 Å². The van der Waals surface area contributed by atoms with E-state index in [1.165, 1.54) is 0 Å². The first kappa shape index (κ1) is 17.3. The second-order valence-electron chi connectivity index (χ2n) is 6.88. The lowest BCUT2D eigenvalue weighted by Gasteiger charge is -2.34. The van der Waals surface area contributed by atoms with Crippen LogP contribution in [0.25, 0.3) is 0 Å². The summed E-state index contributed by atoms with van der Waals surface area (Å²) in [6.07, 6.45) is 1.48. The first-order valence-electron chi connectivity index (χ1n) is 8.24. The monoisotopic (exact) mass is 346 g/mol. The van der Waals surface area contributed by atoms with E-state index in [-0.39, 0.29) is 24.5 Å². The van der Waals surface area contributed by atoms with E-state index in [1.807, 2.05) is 19.1 Å². The standard InChI is InChI=1S/C17H22N4O4/c1-11-8-12(4-5-18-11)13-9-20(6-7-25-13)14(22)10-21-15(23)17(2,3)19-16(21)24/h4-5,8,13H,6-7,9-10H2,1-3H3,(H,19,24)/t13-/m1/s1. The Kier molecular flexibility index (Phi) is 4.47. The topological polar surface area (TPSA) is 91.8 Å². The lowest BCUT2D eigenvalue weighted by molar-refractivity contribution is -0.143. The van der Waals surface area contributed by atoms with Crippen LogP contribution in [0.5, 0.6) is 0 Å². The number of pyridine rings is 1. The number of carbonyl (C=O) groups excluding carboxylic acids is 3. The molecule has 134 valence electrons. The minimum atomic E-state index is -0.973. The van der Waals surface area contributed by atoms with Crippen LogP contribution in [0, 0.1) is 6.92 Å². The van der Waals surface area contributed by atoms with E-state index in [4.69, 9.17) is 4.74 Å². The molecule has 0 radical (unpaired) electrons. The summed E-state index contributed by atoms with van der Waals surface area (Å²) in [6.45, 7) is 6.11. The molecule has 8 heteroatoms. The van der Waals surface area contributed by atoms with Gasteiger partial charge in [-0.1, -0.05) is 0 Å².